The smallest absolute Gasteiger partial charge is 0.242 e. The number of hydrogen-bond acceptors (Lipinski definition) is 4. The van der Waals surface area contributed by atoms with E-state index in [-0.39, 0.29) is 43.8 Å². The van der Waals surface area contributed by atoms with Crippen molar-refractivity contribution < 1.29 is 18.0 Å². The van der Waals surface area contributed by atoms with Gasteiger partial charge in [-0.15, -0.1) is 0 Å². The van der Waals surface area contributed by atoms with Crippen molar-refractivity contribution in [1.29, 1.82) is 0 Å². The molecule has 2 aromatic carbocycles. The maximum Gasteiger partial charge on any atom is 0.242 e. The number of halogens is 2. The molecule has 0 aromatic heterocycles. The van der Waals surface area contributed by atoms with E-state index in [4.69, 9.17) is 23.2 Å². The third-order valence-electron chi connectivity index (χ3n) is 6.79. The van der Waals surface area contributed by atoms with Crippen molar-refractivity contribution in [3.63, 3.8) is 0 Å². The number of benzene rings is 2. The molecule has 1 aliphatic rings. The van der Waals surface area contributed by atoms with Gasteiger partial charge in [-0.1, -0.05) is 54.2 Å². The van der Waals surface area contributed by atoms with E-state index in [1.54, 1.807) is 49.1 Å². The summed E-state index contributed by atoms with van der Waals surface area (Å²) in [5.74, 6) is -0.401. The highest BCUT2D eigenvalue weighted by Crippen LogP contribution is 2.28. The molecular formula is C27H35Cl2N3O4S. The third kappa shape index (κ3) is 8.09. The number of hydrogen-bond donors (Lipinski definition) is 1. The second-order valence-corrected chi connectivity index (χ2v) is 12.4. The Labute approximate surface area is 230 Å². The molecule has 3 rings (SSSR count). The van der Waals surface area contributed by atoms with Crippen molar-refractivity contribution in [2.75, 3.05) is 17.1 Å². The first-order valence-electron chi connectivity index (χ1n) is 12.5. The largest absolute Gasteiger partial charge is 0.352 e. The fourth-order valence-electron chi connectivity index (χ4n) is 4.61. The fourth-order valence-corrected chi connectivity index (χ4v) is 5.92. The van der Waals surface area contributed by atoms with Gasteiger partial charge in [0, 0.05) is 35.6 Å². The topological polar surface area (TPSA) is 86.8 Å². The van der Waals surface area contributed by atoms with Crippen LogP contribution in [0.15, 0.2) is 42.5 Å². The molecule has 2 amide bonds. The first kappa shape index (κ1) is 29.3. The van der Waals surface area contributed by atoms with Crippen molar-refractivity contribution >= 4 is 50.7 Å². The molecule has 1 aliphatic carbocycles. The lowest BCUT2D eigenvalue weighted by Gasteiger charge is -2.30. The van der Waals surface area contributed by atoms with Gasteiger partial charge < -0.3 is 10.2 Å². The quantitative estimate of drug-likeness (QED) is 0.398. The monoisotopic (exact) mass is 567 g/mol. The van der Waals surface area contributed by atoms with E-state index in [9.17, 15) is 18.0 Å². The average Bonchev–Trinajstić information content (AvgIpc) is 3.35. The minimum atomic E-state index is -3.60. The Bertz CT molecular complexity index is 1200. The molecule has 1 fully saturated rings. The van der Waals surface area contributed by atoms with Gasteiger partial charge in [0.25, 0.3) is 0 Å². The summed E-state index contributed by atoms with van der Waals surface area (Å²) in [6.45, 7) is 3.86. The number of nitrogens with zero attached hydrogens (tertiary/aromatic N) is 2. The van der Waals surface area contributed by atoms with Crippen molar-refractivity contribution in [3.8, 4) is 0 Å². The predicted molar refractivity (Wildman–Crippen MR) is 149 cm³/mol. The standard InChI is InChI=1S/C27H35Cl2N3O4S/c1-19-24(29)10-6-11-25(19)32(37(3,35)36)17-7-12-26(33)31(18-21-13-15-22(28)16-14-21)20(2)27(34)30-23-8-4-5-9-23/h6,10-11,13-16,20,23H,4-5,7-9,12,17-18H2,1-3H3,(H,30,34)/t20-/m0/s1. The summed E-state index contributed by atoms with van der Waals surface area (Å²) < 4.78 is 26.4. The highest BCUT2D eigenvalue weighted by molar-refractivity contribution is 7.92. The lowest BCUT2D eigenvalue weighted by atomic mass is 10.1. The van der Waals surface area contributed by atoms with E-state index in [0.717, 1.165) is 37.5 Å². The lowest BCUT2D eigenvalue weighted by Crippen LogP contribution is -2.49. The van der Waals surface area contributed by atoms with Gasteiger partial charge in [-0.05, 0) is 68.5 Å². The summed E-state index contributed by atoms with van der Waals surface area (Å²) in [4.78, 5) is 28.0. The zero-order chi connectivity index (χ0) is 27.2. The SMILES string of the molecule is Cc1c(Cl)cccc1N(CCCC(=O)N(Cc1ccc(Cl)cc1)[C@@H](C)C(=O)NC1CCCC1)S(C)(=O)=O. The number of sulfonamides is 1. The van der Waals surface area contributed by atoms with Gasteiger partial charge >= 0.3 is 0 Å². The van der Waals surface area contributed by atoms with Crippen LogP contribution < -0.4 is 9.62 Å². The van der Waals surface area contributed by atoms with Crippen LogP contribution in [0.5, 0.6) is 0 Å². The highest BCUT2D eigenvalue weighted by atomic mass is 35.5. The van der Waals surface area contributed by atoms with Crippen LogP contribution in [-0.2, 0) is 26.2 Å². The molecule has 0 saturated heterocycles. The number of amides is 2. The summed E-state index contributed by atoms with van der Waals surface area (Å²) in [6, 6.07) is 11.7. The molecule has 202 valence electrons. The van der Waals surface area contributed by atoms with E-state index in [1.807, 2.05) is 12.1 Å². The number of anilines is 1. The van der Waals surface area contributed by atoms with Crippen LogP contribution in [0.4, 0.5) is 5.69 Å². The van der Waals surface area contributed by atoms with Crippen LogP contribution in [-0.4, -0.2) is 50.0 Å². The van der Waals surface area contributed by atoms with Crippen molar-refractivity contribution in [2.24, 2.45) is 0 Å². The average molecular weight is 569 g/mol. The Kier molecular flexibility index (Phi) is 10.3. The van der Waals surface area contributed by atoms with Gasteiger partial charge in [0.15, 0.2) is 0 Å². The van der Waals surface area contributed by atoms with E-state index >= 15 is 0 Å². The van der Waals surface area contributed by atoms with Gasteiger partial charge in [-0.25, -0.2) is 8.42 Å². The molecule has 1 saturated carbocycles. The predicted octanol–water partition coefficient (Wildman–Crippen LogP) is 5.32. The van der Waals surface area contributed by atoms with Gasteiger partial charge in [0.1, 0.15) is 6.04 Å². The molecular weight excluding hydrogens is 533 g/mol. The fraction of sp³-hybridized carbons (Fsp3) is 0.481. The minimum absolute atomic E-state index is 0.0836. The molecule has 37 heavy (non-hydrogen) atoms. The maximum absolute atomic E-state index is 13.4. The molecule has 0 aliphatic heterocycles. The van der Waals surface area contributed by atoms with Crippen LogP contribution in [0.25, 0.3) is 0 Å². The van der Waals surface area contributed by atoms with E-state index in [2.05, 4.69) is 5.32 Å². The van der Waals surface area contributed by atoms with Gasteiger partial charge in [-0.3, -0.25) is 13.9 Å². The number of carbonyl (C=O) groups excluding carboxylic acids is 2. The summed E-state index contributed by atoms with van der Waals surface area (Å²) in [5.41, 5.74) is 2.00. The Morgan fingerprint density at radius 3 is 2.35 bits per heavy atom. The zero-order valence-corrected chi connectivity index (χ0v) is 23.9. The molecule has 0 radical (unpaired) electrons. The Morgan fingerprint density at radius 2 is 1.73 bits per heavy atom. The Balaban J connectivity index is 1.73. The van der Waals surface area contributed by atoms with Crippen molar-refractivity contribution in [3.05, 3.63) is 63.6 Å². The molecule has 0 heterocycles. The molecule has 10 heteroatoms. The van der Waals surface area contributed by atoms with Crippen molar-refractivity contribution in [1.82, 2.24) is 10.2 Å². The maximum atomic E-state index is 13.4. The number of nitrogens with one attached hydrogen (secondary N) is 1. The number of rotatable bonds is 11. The lowest BCUT2D eigenvalue weighted by molar-refractivity contribution is -0.141. The summed E-state index contributed by atoms with van der Waals surface area (Å²) in [5, 5.41) is 4.14. The van der Waals surface area contributed by atoms with E-state index in [1.165, 1.54) is 4.31 Å². The third-order valence-corrected chi connectivity index (χ3v) is 8.64. The molecule has 7 nitrogen and oxygen atoms in total. The highest BCUT2D eigenvalue weighted by Gasteiger charge is 2.29. The zero-order valence-electron chi connectivity index (χ0n) is 21.5. The van der Waals surface area contributed by atoms with Crippen LogP contribution in [0.3, 0.4) is 0 Å². The minimum Gasteiger partial charge on any atom is -0.352 e. The first-order valence-corrected chi connectivity index (χ1v) is 15.1. The van der Waals surface area contributed by atoms with E-state index < -0.39 is 16.1 Å². The summed E-state index contributed by atoms with van der Waals surface area (Å²) in [7, 11) is -3.60. The summed E-state index contributed by atoms with van der Waals surface area (Å²) in [6.07, 6.45) is 5.59. The van der Waals surface area contributed by atoms with Gasteiger partial charge in [0.05, 0.1) is 11.9 Å². The molecule has 1 atom stereocenters. The molecule has 2 aromatic rings. The summed E-state index contributed by atoms with van der Waals surface area (Å²) >= 11 is 12.2. The Morgan fingerprint density at radius 1 is 1.08 bits per heavy atom. The number of carbonyl (C=O) groups is 2. The molecule has 1 N–H and O–H groups in total. The molecule has 0 bridgehead atoms. The van der Waals surface area contributed by atoms with E-state index in [0.29, 0.717) is 21.3 Å². The van der Waals surface area contributed by atoms with Crippen molar-refractivity contribution in [2.45, 2.75) is 71.0 Å². The van der Waals surface area contributed by atoms with Gasteiger partial charge in [0.2, 0.25) is 21.8 Å². The van der Waals surface area contributed by atoms with Crippen LogP contribution in [0.2, 0.25) is 10.0 Å². The molecule has 0 unspecified atom stereocenters. The van der Waals surface area contributed by atoms with Crippen LogP contribution in [0, 0.1) is 6.92 Å². The second kappa shape index (κ2) is 13.0. The molecule has 0 spiro atoms. The van der Waals surface area contributed by atoms with Crippen LogP contribution >= 0.6 is 23.2 Å². The first-order chi connectivity index (χ1) is 17.5. The van der Waals surface area contributed by atoms with Gasteiger partial charge in [-0.2, -0.15) is 0 Å². The Hall–Kier alpha value is -2.29. The van der Waals surface area contributed by atoms with Crippen LogP contribution in [0.1, 0.15) is 56.6 Å². The second-order valence-electron chi connectivity index (χ2n) is 9.64. The normalized spacial score (nSPS) is 14.8.